The van der Waals surface area contributed by atoms with Gasteiger partial charge in [0.1, 0.15) is 73.2 Å². The monoisotopic (exact) mass is 1150 g/mol. The van der Waals surface area contributed by atoms with Gasteiger partial charge in [-0.2, -0.15) is 0 Å². The Labute approximate surface area is 387 Å². The normalized spacial score (nSPS) is 33.8. The van der Waals surface area contributed by atoms with Crippen LogP contribution in [0.1, 0.15) is 0 Å². The van der Waals surface area contributed by atoms with Crippen LogP contribution in [0.15, 0.2) is 91.0 Å². The zero-order valence-electron chi connectivity index (χ0n) is 30.9. The largest absolute Gasteiger partial charge is 0.412 e. The van der Waals surface area contributed by atoms with E-state index in [1.165, 1.54) is 0 Å². The molecule has 0 spiro atoms. The van der Waals surface area contributed by atoms with Crippen molar-refractivity contribution in [1.29, 1.82) is 0 Å². The molecule has 0 amide bonds. The van der Waals surface area contributed by atoms with Gasteiger partial charge in [-0.15, -0.1) is 0 Å². The van der Waals surface area contributed by atoms with Gasteiger partial charge in [0.25, 0.3) is 0 Å². The molecule has 3 saturated heterocycles. The van der Waals surface area contributed by atoms with E-state index >= 15 is 0 Å². The van der Waals surface area contributed by atoms with Crippen molar-refractivity contribution in [3.8, 4) is 0 Å². The number of nitrogens with one attached hydrogen (secondary N) is 3. The van der Waals surface area contributed by atoms with Gasteiger partial charge < -0.3 is 96.9 Å². The SMILES string of the molecule is O.OC[C@H]1O[C@@H](Nc2ccccc2)[C@H](O)[C@@H](O)[C@@H]1O.OC[C@H]1O[C@@H](Nc2ccccc2)[C@H](O)[C@@H](O)[C@@H]1O.OC[C@H]1O[C@@H](Nc2ccccc2)[C@H](O)[C@@H](O)[C@@H]1O.[Sb].[Sb].[Sb]. The number of hydrogen-bond acceptors (Lipinski definition) is 18. The molecule has 3 aliphatic rings. The molecule has 0 unspecified atom stereocenters. The van der Waals surface area contributed by atoms with Crippen molar-refractivity contribution < 1.29 is 81.0 Å². The summed E-state index contributed by atoms with van der Waals surface area (Å²) >= 11 is 0. The summed E-state index contributed by atoms with van der Waals surface area (Å²) in [4.78, 5) is 0. The van der Waals surface area contributed by atoms with Crippen molar-refractivity contribution in [2.45, 2.75) is 91.9 Å². The number of ether oxygens (including phenoxy) is 3. The first-order valence-corrected chi connectivity index (χ1v) is 17.3. The summed E-state index contributed by atoms with van der Waals surface area (Å²) in [7, 11) is 0. The fourth-order valence-corrected chi connectivity index (χ4v) is 5.76. The Morgan fingerprint density at radius 1 is 0.345 bits per heavy atom. The second-order valence-corrected chi connectivity index (χ2v) is 12.8. The van der Waals surface area contributed by atoms with Crippen LogP contribution in [-0.2, 0) is 14.2 Å². The van der Waals surface area contributed by atoms with E-state index in [4.69, 9.17) is 29.5 Å². The van der Waals surface area contributed by atoms with E-state index in [9.17, 15) is 46.0 Å². The van der Waals surface area contributed by atoms with Crippen LogP contribution in [0.25, 0.3) is 0 Å². The maximum absolute atomic E-state index is 9.80. The maximum atomic E-state index is 9.80. The quantitative estimate of drug-likeness (QED) is 0.0891. The molecule has 3 heterocycles. The first-order valence-electron chi connectivity index (χ1n) is 17.3. The van der Waals surface area contributed by atoms with Gasteiger partial charge in [0.05, 0.1) is 19.8 Å². The third-order valence-corrected chi connectivity index (χ3v) is 8.92. The summed E-state index contributed by atoms with van der Waals surface area (Å²) in [5, 5.41) is 123. The molecule has 3 fully saturated rings. The van der Waals surface area contributed by atoms with Crippen LogP contribution in [0.5, 0.6) is 0 Å². The molecule has 0 aromatic heterocycles. The van der Waals surface area contributed by atoms with Crippen LogP contribution in [-0.4, -0.2) is 252 Å². The average molecular weight is 1150 g/mol. The zero-order chi connectivity index (χ0) is 39.4. The Kier molecular flexibility index (Phi) is 27.9. The molecule has 58 heavy (non-hydrogen) atoms. The van der Waals surface area contributed by atoms with E-state index in [2.05, 4.69) is 16.0 Å². The van der Waals surface area contributed by atoms with Gasteiger partial charge in [-0.25, -0.2) is 0 Å². The average Bonchev–Trinajstić information content (AvgIpc) is 3.20. The van der Waals surface area contributed by atoms with Crippen LogP contribution in [0, 0.1) is 0 Å². The second kappa shape index (κ2) is 28.5. The molecule has 323 valence electrons. The minimum absolute atomic E-state index is 0. The van der Waals surface area contributed by atoms with Crippen molar-refractivity contribution in [1.82, 2.24) is 0 Å². The van der Waals surface area contributed by atoms with E-state index in [1.54, 1.807) is 36.4 Å². The predicted molar refractivity (Wildman–Crippen MR) is 212 cm³/mol. The Balaban J connectivity index is 0.000000812. The van der Waals surface area contributed by atoms with Crippen molar-refractivity contribution in [2.24, 2.45) is 0 Å². The van der Waals surface area contributed by atoms with Gasteiger partial charge in [0.2, 0.25) is 0 Å². The molecule has 0 saturated carbocycles. The standard InChI is InChI=1S/3C12H17NO5.H2O.3Sb/c3*14-6-8-9(15)10(16)11(17)12(18-8)13-7-4-2-1-3-5-7;;;;/h3*1-5,8-17H,6H2;1H2;;;/t3*8-,9-,10+,11-,12-;;;;/m111..../s1. The number of para-hydroxylation sites is 3. The van der Waals surface area contributed by atoms with Gasteiger partial charge in [-0.05, 0) is 36.4 Å². The fraction of sp³-hybridized carbons (Fsp3) is 0.500. The topological polar surface area (TPSA) is 338 Å². The number of anilines is 3. The van der Waals surface area contributed by atoms with Crippen LogP contribution in [0.2, 0.25) is 0 Å². The van der Waals surface area contributed by atoms with E-state index in [-0.39, 0.29) is 78.8 Å². The zero-order valence-corrected chi connectivity index (χ0v) is 38.5. The van der Waals surface area contributed by atoms with Gasteiger partial charge in [0.15, 0.2) is 18.7 Å². The molecular weight excluding hydrogens is 1100 g/mol. The Morgan fingerprint density at radius 2 is 0.552 bits per heavy atom. The summed E-state index contributed by atoms with van der Waals surface area (Å²) < 4.78 is 15.9. The number of hydrogen-bond donors (Lipinski definition) is 15. The van der Waals surface area contributed by atoms with Crippen LogP contribution >= 0.6 is 0 Å². The molecular formula is C36H53N3O16Sb3. The molecule has 6 rings (SSSR count). The molecule has 3 aromatic rings. The van der Waals surface area contributed by atoms with Crippen LogP contribution in [0.4, 0.5) is 17.1 Å². The van der Waals surface area contributed by atoms with E-state index < -0.39 is 112 Å². The summed E-state index contributed by atoms with van der Waals surface area (Å²) in [6.45, 7) is -1.30. The van der Waals surface area contributed by atoms with E-state index in [0.29, 0.717) is 17.1 Å². The Hall–Kier alpha value is -1.13. The van der Waals surface area contributed by atoms with Crippen molar-refractivity contribution in [2.75, 3.05) is 35.8 Å². The van der Waals surface area contributed by atoms with E-state index in [0.717, 1.165) is 0 Å². The second-order valence-electron chi connectivity index (χ2n) is 12.8. The molecule has 0 bridgehead atoms. The van der Waals surface area contributed by atoms with Gasteiger partial charge in [-0.1, -0.05) is 54.6 Å². The summed E-state index contributed by atoms with van der Waals surface area (Å²) in [6, 6.07) is 27.1. The van der Waals surface area contributed by atoms with E-state index in [1.807, 2.05) is 54.6 Å². The molecule has 15 atom stereocenters. The molecule has 3 aliphatic heterocycles. The minimum Gasteiger partial charge on any atom is -0.412 e. The number of aliphatic hydroxyl groups excluding tert-OH is 12. The molecule has 17 N–H and O–H groups in total. The molecule has 19 nitrogen and oxygen atoms in total. The number of aliphatic hydroxyl groups is 12. The van der Waals surface area contributed by atoms with Crippen molar-refractivity contribution >= 4 is 90.3 Å². The summed E-state index contributed by atoms with van der Waals surface area (Å²) in [5.74, 6) is 0. The molecule has 22 heteroatoms. The first-order chi connectivity index (χ1) is 25.9. The predicted octanol–water partition coefficient (Wildman–Crippen LogP) is -5.27. The Morgan fingerprint density at radius 3 is 0.741 bits per heavy atom. The minimum atomic E-state index is -1.36. The van der Waals surface area contributed by atoms with Crippen molar-refractivity contribution in [3.63, 3.8) is 0 Å². The third kappa shape index (κ3) is 15.7. The van der Waals surface area contributed by atoms with Gasteiger partial charge >= 0.3 is 0 Å². The molecule has 3 aromatic carbocycles. The first kappa shape index (κ1) is 56.9. The maximum Gasteiger partial charge on any atom is 0.157 e. The number of rotatable bonds is 9. The molecule has 0 aliphatic carbocycles. The van der Waals surface area contributed by atoms with Crippen molar-refractivity contribution in [3.05, 3.63) is 91.0 Å². The van der Waals surface area contributed by atoms with Gasteiger partial charge in [-0.3, -0.25) is 0 Å². The van der Waals surface area contributed by atoms with Gasteiger partial charge in [0, 0.05) is 90.3 Å². The summed E-state index contributed by atoms with van der Waals surface area (Å²) in [6.07, 6.45) is -17.3. The van der Waals surface area contributed by atoms with Crippen LogP contribution < -0.4 is 16.0 Å². The fourth-order valence-electron chi connectivity index (χ4n) is 5.76. The number of benzene rings is 3. The smallest absolute Gasteiger partial charge is 0.157 e. The third-order valence-electron chi connectivity index (χ3n) is 8.92. The Bertz CT molecular complexity index is 1310. The van der Waals surface area contributed by atoms with Crippen LogP contribution in [0.3, 0.4) is 0 Å². The summed E-state index contributed by atoms with van der Waals surface area (Å²) in [5.41, 5.74) is 2.13. The molecule has 9 radical (unpaired) electrons.